The monoisotopic (exact) mass is 622 g/mol. The van der Waals surface area contributed by atoms with Gasteiger partial charge < -0.3 is 29.1 Å². The minimum atomic E-state index is -2.30. The maximum atomic E-state index is 14.7. The zero-order chi connectivity index (χ0) is 31.6. The SMILES string of the molecule is COC(=O)CCCCN1C(=O)[C@]2(O[C@H](CCO)[C@@H]([Si](C)(C)c3ccc(OC)cc3)[C@@H]2C)c2cc(N3CCCCC3=O)ccc21. The van der Waals surface area contributed by atoms with Crippen molar-refractivity contribution in [3.63, 3.8) is 0 Å². The first kappa shape index (κ1) is 32.2. The second-order valence-corrected chi connectivity index (χ2v) is 17.6. The van der Waals surface area contributed by atoms with Crippen molar-refractivity contribution >= 4 is 42.4 Å². The Hall–Kier alpha value is -3.21. The van der Waals surface area contributed by atoms with E-state index in [9.17, 15) is 19.5 Å². The van der Waals surface area contributed by atoms with Crippen molar-refractivity contribution in [1.29, 1.82) is 0 Å². The number of amides is 2. The Balaban J connectivity index is 1.57. The number of aliphatic hydroxyl groups excluding tert-OH is 1. The fourth-order valence-corrected chi connectivity index (χ4v) is 11.9. The summed E-state index contributed by atoms with van der Waals surface area (Å²) in [6, 6.07) is 14.1. The van der Waals surface area contributed by atoms with Gasteiger partial charge in [-0.2, -0.15) is 0 Å². The second-order valence-electron chi connectivity index (χ2n) is 12.9. The van der Waals surface area contributed by atoms with Crippen LogP contribution in [0.1, 0.15) is 57.4 Å². The van der Waals surface area contributed by atoms with Crippen LogP contribution in [0.4, 0.5) is 11.4 Å². The average Bonchev–Trinajstić information content (AvgIpc) is 3.45. The third kappa shape index (κ3) is 5.56. The van der Waals surface area contributed by atoms with E-state index in [1.807, 2.05) is 40.1 Å². The minimum absolute atomic E-state index is 0.0272. The molecule has 0 unspecified atom stereocenters. The van der Waals surface area contributed by atoms with E-state index in [-0.39, 0.29) is 42.0 Å². The predicted molar refractivity (Wildman–Crippen MR) is 172 cm³/mol. The quantitative estimate of drug-likeness (QED) is 0.224. The zero-order valence-corrected chi connectivity index (χ0v) is 27.6. The molecule has 1 spiro atoms. The number of piperidine rings is 1. The van der Waals surface area contributed by atoms with Crippen molar-refractivity contribution in [3.8, 4) is 5.75 Å². The molecule has 0 aromatic heterocycles. The number of methoxy groups -OCH3 is 2. The number of fused-ring (bicyclic) bond motifs is 2. The molecular weight excluding hydrogens is 576 g/mol. The molecule has 4 atom stereocenters. The van der Waals surface area contributed by atoms with E-state index in [2.05, 4.69) is 32.2 Å². The van der Waals surface area contributed by atoms with E-state index < -0.39 is 13.7 Å². The van der Waals surface area contributed by atoms with Gasteiger partial charge in [0.05, 0.1) is 34.1 Å². The summed E-state index contributed by atoms with van der Waals surface area (Å²) in [5.41, 5.74) is 1.16. The molecule has 238 valence electrons. The molecule has 5 rings (SSSR count). The van der Waals surface area contributed by atoms with Crippen molar-refractivity contribution in [3.05, 3.63) is 48.0 Å². The summed E-state index contributed by atoms with van der Waals surface area (Å²) in [5.74, 6) is 0.323. The van der Waals surface area contributed by atoms with E-state index in [1.54, 1.807) is 7.11 Å². The molecular formula is C34H46N2O7Si. The topological polar surface area (TPSA) is 106 Å². The van der Waals surface area contributed by atoms with Gasteiger partial charge >= 0.3 is 5.97 Å². The van der Waals surface area contributed by atoms with Crippen LogP contribution in [-0.4, -0.2) is 71.0 Å². The van der Waals surface area contributed by atoms with Crippen molar-refractivity contribution < 1.29 is 33.7 Å². The van der Waals surface area contributed by atoms with Crippen LogP contribution in [0.2, 0.25) is 18.6 Å². The van der Waals surface area contributed by atoms with Crippen molar-refractivity contribution in [2.24, 2.45) is 5.92 Å². The van der Waals surface area contributed by atoms with E-state index in [1.165, 1.54) is 12.3 Å². The number of unbranched alkanes of at least 4 members (excludes halogenated alkanes) is 1. The van der Waals surface area contributed by atoms with Gasteiger partial charge in [-0.15, -0.1) is 0 Å². The molecule has 10 heteroatoms. The lowest BCUT2D eigenvalue weighted by atomic mass is 9.82. The molecule has 0 aliphatic carbocycles. The Morgan fingerprint density at radius 1 is 1.09 bits per heavy atom. The molecule has 0 saturated carbocycles. The molecule has 2 aromatic carbocycles. The molecule has 0 radical (unpaired) electrons. The van der Waals surface area contributed by atoms with Gasteiger partial charge in [0.1, 0.15) is 5.75 Å². The van der Waals surface area contributed by atoms with Crippen molar-refractivity contribution in [1.82, 2.24) is 0 Å². The Labute approximate surface area is 261 Å². The lowest BCUT2D eigenvalue weighted by Crippen LogP contribution is -2.52. The Morgan fingerprint density at radius 3 is 2.50 bits per heavy atom. The van der Waals surface area contributed by atoms with E-state index in [4.69, 9.17) is 14.2 Å². The number of hydrogen-bond donors (Lipinski definition) is 1. The third-order valence-electron chi connectivity index (χ3n) is 10.1. The lowest BCUT2D eigenvalue weighted by Gasteiger charge is -2.37. The fourth-order valence-electron chi connectivity index (χ4n) is 7.81. The third-order valence-corrected chi connectivity index (χ3v) is 14.5. The van der Waals surface area contributed by atoms with Crippen LogP contribution in [0, 0.1) is 5.92 Å². The van der Waals surface area contributed by atoms with Crippen molar-refractivity contribution in [2.45, 2.75) is 82.2 Å². The van der Waals surface area contributed by atoms with Gasteiger partial charge in [0.25, 0.3) is 5.91 Å². The largest absolute Gasteiger partial charge is 0.497 e. The van der Waals surface area contributed by atoms with Crippen LogP contribution in [0.25, 0.3) is 0 Å². The Kier molecular flexibility index (Phi) is 9.53. The summed E-state index contributed by atoms with van der Waals surface area (Å²) in [7, 11) is 0.740. The number of carbonyl (C=O) groups excluding carboxylic acids is 3. The number of hydrogen-bond acceptors (Lipinski definition) is 7. The number of aliphatic hydroxyl groups is 1. The predicted octanol–water partition coefficient (Wildman–Crippen LogP) is 4.50. The highest BCUT2D eigenvalue weighted by Crippen LogP contribution is 2.60. The highest BCUT2D eigenvalue weighted by atomic mass is 28.3. The molecule has 9 nitrogen and oxygen atoms in total. The average molecular weight is 623 g/mol. The highest BCUT2D eigenvalue weighted by Gasteiger charge is 2.66. The molecule has 2 fully saturated rings. The minimum Gasteiger partial charge on any atom is -0.497 e. The summed E-state index contributed by atoms with van der Waals surface area (Å²) < 4.78 is 17.2. The first-order valence-electron chi connectivity index (χ1n) is 15.9. The zero-order valence-electron chi connectivity index (χ0n) is 26.6. The normalized spacial score (nSPS) is 25.1. The summed E-state index contributed by atoms with van der Waals surface area (Å²) in [6.45, 7) is 7.81. The summed E-state index contributed by atoms with van der Waals surface area (Å²) in [5, 5.41) is 11.4. The molecule has 3 aliphatic rings. The number of carbonyl (C=O) groups is 3. The number of esters is 1. The first-order chi connectivity index (χ1) is 21.1. The first-order valence-corrected chi connectivity index (χ1v) is 18.9. The number of anilines is 2. The van der Waals surface area contributed by atoms with Crippen LogP contribution < -0.4 is 19.7 Å². The highest BCUT2D eigenvalue weighted by molar-refractivity contribution is 6.91. The van der Waals surface area contributed by atoms with Gasteiger partial charge in [0.2, 0.25) is 5.91 Å². The number of nitrogens with zero attached hydrogens (tertiary/aromatic N) is 2. The molecule has 2 saturated heterocycles. The van der Waals surface area contributed by atoms with E-state index in [0.717, 1.165) is 35.5 Å². The summed E-state index contributed by atoms with van der Waals surface area (Å²) in [6.07, 6.45) is 3.97. The summed E-state index contributed by atoms with van der Waals surface area (Å²) in [4.78, 5) is 43.0. The van der Waals surface area contributed by atoms with Crippen molar-refractivity contribution in [2.75, 3.05) is 43.7 Å². The molecule has 2 aromatic rings. The molecule has 2 amide bonds. The van der Waals surface area contributed by atoms with Gasteiger partial charge in [-0.25, -0.2) is 0 Å². The van der Waals surface area contributed by atoms with Gasteiger partial charge in [0, 0.05) is 49.7 Å². The van der Waals surface area contributed by atoms with Gasteiger partial charge in [-0.3, -0.25) is 14.4 Å². The smallest absolute Gasteiger partial charge is 0.305 e. The lowest BCUT2D eigenvalue weighted by molar-refractivity contribution is -0.146. The molecule has 44 heavy (non-hydrogen) atoms. The number of benzene rings is 2. The maximum Gasteiger partial charge on any atom is 0.305 e. The van der Waals surface area contributed by atoms with Gasteiger partial charge in [-0.1, -0.05) is 37.3 Å². The summed E-state index contributed by atoms with van der Waals surface area (Å²) >= 11 is 0. The Bertz CT molecular complexity index is 1380. The molecule has 3 aliphatic heterocycles. The van der Waals surface area contributed by atoms with Gasteiger partial charge in [0.15, 0.2) is 5.60 Å². The standard InChI is InChI=1S/C34H46N2O7Si/c1-23-32(44(4,5)26-15-13-25(41-2)14-16-26)29(18-21-37)43-34(23)27-22-24(35-19-8-6-10-30(35)38)12-17-28(27)36(33(34)40)20-9-7-11-31(39)42-3/h12-17,22-23,29,32,37H,6-11,18-21H2,1-5H3/t23-,29+,32-,34+/m0/s1. The second kappa shape index (κ2) is 13.0. The Morgan fingerprint density at radius 2 is 1.84 bits per heavy atom. The number of ether oxygens (including phenoxy) is 3. The number of rotatable bonds is 11. The van der Waals surface area contributed by atoms with Crippen LogP contribution in [-0.2, 0) is 29.5 Å². The van der Waals surface area contributed by atoms with Gasteiger partial charge in [-0.05, 0) is 68.0 Å². The molecule has 0 bridgehead atoms. The fraction of sp³-hybridized carbons (Fsp3) is 0.559. The van der Waals surface area contributed by atoms with Crippen LogP contribution in [0.15, 0.2) is 42.5 Å². The van der Waals surface area contributed by atoms with Crippen LogP contribution in [0.3, 0.4) is 0 Å². The molecule has 1 N–H and O–H groups in total. The maximum absolute atomic E-state index is 14.7. The van der Waals surface area contributed by atoms with E-state index in [0.29, 0.717) is 45.2 Å². The molecule has 3 heterocycles. The van der Waals surface area contributed by atoms with E-state index >= 15 is 0 Å². The van der Waals surface area contributed by atoms with Crippen LogP contribution >= 0.6 is 0 Å². The van der Waals surface area contributed by atoms with Crippen LogP contribution in [0.5, 0.6) is 5.75 Å².